The lowest BCUT2D eigenvalue weighted by atomic mass is 10.2. The van der Waals surface area contributed by atoms with Crippen molar-refractivity contribution in [2.24, 2.45) is 0 Å². The van der Waals surface area contributed by atoms with Crippen LogP contribution in [0.3, 0.4) is 0 Å². The summed E-state index contributed by atoms with van der Waals surface area (Å²) in [5.74, 6) is 0.0261. The van der Waals surface area contributed by atoms with Gasteiger partial charge in [0, 0.05) is 0 Å². The third-order valence-electron chi connectivity index (χ3n) is 3.06. The molecule has 0 aliphatic rings. The molecule has 0 aliphatic carbocycles. The molecule has 26 heavy (non-hydrogen) atoms. The van der Waals surface area contributed by atoms with Gasteiger partial charge in [-0.2, -0.15) is 0 Å². The molecule has 2 aromatic rings. The van der Waals surface area contributed by atoms with Gasteiger partial charge < -0.3 is 14.8 Å². The van der Waals surface area contributed by atoms with Crippen LogP contribution in [0.5, 0.6) is 0 Å². The van der Waals surface area contributed by atoms with Crippen molar-refractivity contribution in [1.82, 2.24) is 4.98 Å². The number of amides is 1. The van der Waals surface area contributed by atoms with Gasteiger partial charge in [0.05, 0.1) is 35.3 Å². The molecule has 1 heterocycles. The zero-order valence-corrected chi connectivity index (χ0v) is 15.7. The number of rotatable bonds is 4. The van der Waals surface area contributed by atoms with Gasteiger partial charge in [0.25, 0.3) is 0 Å². The van der Waals surface area contributed by atoms with E-state index in [1.54, 1.807) is 51.1 Å². The molecule has 1 aromatic heterocycles. The molecule has 0 saturated heterocycles. The van der Waals surface area contributed by atoms with Crippen LogP contribution in [0.25, 0.3) is 0 Å². The standard InChI is InChI=1S/C18H20ClN3O4/c1-18(2,3)26-17(24)21-12-6-8-15(20-10-12)22-14-9-11(16(23)25-4)5-7-13(14)19/h5-10H,1-4H3,(H,20,22)(H,21,24). The third-order valence-corrected chi connectivity index (χ3v) is 3.39. The third kappa shape index (κ3) is 5.63. The summed E-state index contributed by atoms with van der Waals surface area (Å²) in [4.78, 5) is 27.6. The molecule has 0 saturated carbocycles. The van der Waals surface area contributed by atoms with E-state index in [2.05, 4.69) is 15.6 Å². The van der Waals surface area contributed by atoms with Crippen LogP contribution in [0, 0.1) is 0 Å². The van der Waals surface area contributed by atoms with E-state index in [0.717, 1.165) is 0 Å². The summed E-state index contributed by atoms with van der Waals surface area (Å²) >= 11 is 6.14. The predicted octanol–water partition coefficient (Wildman–Crippen LogP) is 4.61. The van der Waals surface area contributed by atoms with Crippen molar-refractivity contribution in [2.75, 3.05) is 17.7 Å². The second-order valence-corrected chi connectivity index (χ2v) is 6.78. The Labute approximate surface area is 156 Å². The van der Waals surface area contributed by atoms with E-state index in [0.29, 0.717) is 27.8 Å². The average molecular weight is 378 g/mol. The van der Waals surface area contributed by atoms with Gasteiger partial charge in [-0.3, -0.25) is 5.32 Å². The van der Waals surface area contributed by atoms with Crippen LogP contribution in [0.2, 0.25) is 5.02 Å². The highest BCUT2D eigenvalue weighted by atomic mass is 35.5. The van der Waals surface area contributed by atoms with Crippen molar-refractivity contribution in [3.8, 4) is 0 Å². The van der Waals surface area contributed by atoms with E-state index in [1.807, 2.05) is 0 Å². The summed E-state index contributed by atoms with van der Waals surface area (Å²) < 4.78 is 9.87. The fraction of sp³-hybridized carbons (Fsp3) is 0.278. The maximum Gasteiger partial charge on any atom is 0.412 e. The topological polar surface area (TPSA) is 89.6 Å². The van der Waals surface area contributed by atoms with Crippen molar-refractivity contribution in [3.05, 3.63) is 47.1 Å². The smallest absolute Gasteiger partial charge is 0.412 e. The Morgan fingerprint density at radius 1 is 1.15 bits per heavy atom. The number of pyridine rings is 1. The minimum absolute atomic E-state index is 0.364. The number of ether oxygens (including phenoxy) is 2. The zero-order valence-electron chi connectivity index (χ0n) is 14.9. The lowest BCUT2D eigenvalue weighted by Crippen LogP contribution is -2.27. The number of halogens is 1. The highest BCUT2D eigenvalue weighted by Crippen LogP contribution is 2.26. The summed E-state index contributed by atoms with van der Waals surface area (Å²) in [6, 6.07) is 8.06. The summed E-state index contributed by atoms with van der Waals surface area (Å²) in [5.41, 5.74) is 0.775. The molecule has 1 amide bonds. The normalized spacial score (nSPS) is 10.8. The highest BCUT2D eigenvalue weighted by Gasteiger charge is 2.16. The second kappa shape index (κ2) is 8.05. The lowest BCUT2D eigenvalue weighted by Gasteiger charge is -2.19. The number of methoxy groups -OCH3 is 1. The van der Waals surface area contributed by atoms with E-state index in [9.17, 15) is 9.59 Å². The first-order valence-corrected chi connectivity index (χ1v) is 8.17. The van der Waals surface area contributed by atoms with E-state index >= 15 is 0 Å². The van der Waals surface area contributed by atoms with Gasteiger partial charge in [-0.1, -0.05) is 11.6 Å². The Morgan fingerprint density at radius 2 is 1.88 bits per heavy atom. The zero-order chi connectivity index (χ0) is 19.3. The van der Waals surface area contributed by atoms with E-state index in [4.69, 9.17) is 21.1 Å². The first-order chi connectivity index (χ1) is 12.2. The maximum absolute atomic E-state index is 11.7. The van der Waals surface area contributed by atoms with Crippen molar-refractivity contribution in [1.29, 1.82) is 0 Å². The van der Waals surface area contributed by atoms with Crippen LogP contribution >= 0.6 is 11.6 Å². The molecule has 2 rings (SSSR count). The van der Waals surface area contributed by atoms with Crippen LogP contribution in [0.1, 0.15) is 31.1 Å². The molecule has 0 unspecified atom stereocenters. The fourth-order valence-electron chi connectivity index (χ4n) is 1.97. The number of anilines is 3. The van der Waals surface area contributed by atoms with Crippen molar-refractivity contribution < 1.29 is 19.1 Å². The van der Waals surface area contributed by atoms with E-state index in [1.165, 1.54) is 13.3 Å². The number of esters is 1. The first-order valence-electron chi connectivity index (χ1n) is 7.79. The molecule has 0 bridgehead atoms. The molecular formula is C18H20ClN3O4. The Hall–Kier alpha value is -2.80. The quantitative estimate of drug-likeness (QED) is 0.756. The van der Waals surface area contributed by atoms with Gasteiger partial charge in [-0.25, -0.2) is 14.6 Å². The molecule has 2 N–H and O–H groups in total. The van der Waals surface area contributed by atoms with Gasteiger partial charge in [-0.15, -0.1) is 0 Å². The van der Waals surface area contributed by atoms with Gasteiger partial charge >= 0.3 is 12.1 Å². The number of hydrogen-bond acceptors (Lipinski definition) is 6. The van der Waals surface area contributed by atoms with E-state index in [-0.39, 0.29) is 0 Å². The Balaban J connectivity index is 2.08. The lowest BCUT2D eigenvalue weighted by molar-refractivity contribution is 0.0598. The van der Waals surface area contributed by atoms with Gasteiger partial charge in [-0.05, 0) is 51.1 Å². The predicted molar refractivity (Wildman–Crippen MR) is 100 cm³/mol. The van der Waals surface area contributed by atoms with E-state index < -0.39 is 17.7 Å². The molecule has 0 aliphatic heterocycles. The fourth-order valence-corrected chi connectivity index (χ4v) is 2.13. The van der Waals surface area contributed by atoms with Gasteiger partial charge in [0.1, 0.15) is 11.4 Å². The van der Waals surface area contributed by atoms with Crippen LogP contribution in [0.15, 0.2) is 36.5 Å². The molecule has 0 spiro atoms. The SMILES string of the molecule is COC(=O)c1ccc(Cl)c(Nc2ccc(NC(=O)OC(C)(C)C)cn2)c1. The maximum atomic E-state index is 11.7. The Kier molecular flexibility index (Phi) is 6.05. The van der Waals surface area contributed by atoms with Gasteiger partial charge in [0.15, 0.2) is 0 Å². The molecule has 7 nitrogen and oxygen atoms in total. The number of carbonyl (C=O) groups excluding carboxylic acids is 2. The average Bonchev–Trinajstić information content (AvgIpc) is 2.56. The highest BCUT2D eigenvalue weighted by molar-refractivity contribution is 6.33. The van der Waals surface area contributed by atoms with Gasteiger partial charge in [0.2, 0.25) is 0 Å². The number of carbonyl (C=O) groups is 2. The summed E-state index contributed by atoms with van der Waals surface area (Å²) in [5, 5.41) is 6.04. The van der Waals surface area contributed by atoms with Crippen LogP contribution in [-0.2, 0) is 9.47 Å². The van der Waals surface area contributed by atoms with Crippen molar-refractivity contribution in [3.63, 3.8) is 0 Å². The molecule has 0 atom stereocenters. The molecule has 1 aromatic carbocycles. The monoisotopic (exact) mass is 377 g/mol. The minimum Gasteiger partial charge on any atom is -0.465 e. The molecular weight excluding hydrogens is 358 g/mol. The number of hydrogen-bond donors (Lipinski definition) is 2. The molecule has 138 valence electrons. The number of nitrogens with zero attached hydrogens (tertiary/aromatic N) is 1. The number of nitrogens with one attached hydrogen (secondary N) is 2. The first kappa shape index (κ1) is 19.5. The summed E-state index contributed by atoms with van der Waals surface area (Å²) in [6.07, 6.45) is 0.915. The summed E-state index contributed by atoms with van der Waals surface area (Å²) in [7, 11) is 1.31. The van der Waals surface area contributed by atoms with Crippen LogP contribution < -0.4 is 10.6 Å². The number of aromatic nitrogens is 1. The Morgan fingerprint density at radius 3 is 2.46 bits per heavy atom. The van der Waals surface area contributed by atoms with Crippen molar-refractivity contribution >= 4 is 40.9 Å². The molecule has 0 fully saturated rings. The second-order valence-electron chi connectivity index (χ2n) is 6.37. The number of benzene rings is 1. The minimum atomic E-state index is -0.583. The molecule has 8 heteroatoms. The van der Waals surface area contributed by atoms with Crippen LogP contribution in [0.4, 0.5) is 22.0 Å². The largest absolute Gasteiger partial charge is 0.465 e. The summed E-state index contributed by atoms with van der Waals surface area (Å²) in [6.45, 7) is 5.35. The van der Waals surface area contributed by atoms with Crippen LogP contribution in [-0.4, -0.2) is 29.8 Å². The Bertz CT molecular complexity index is 801. The van der Waals surface area contributed by atoms with Crippen molar-refractivity contribution in [2.45, 2.75) is 26.4 Å². The molecule has 0 radical (unpaired) electrons.